The average Bonchev–Trinajstić information content (AvgIpc) is 2.72. The molecule has 2 aliphatic rings. The van der Waals surface area contributed by atoms with Crippen LogP contribution in [0, 0.1) is 0 Å². The maximum absolute atomic E-state index is 9.90. The number of aliphatic hydroxyl groups excluding tert-OH is 1. The summed E-state index contributed by atoms with van der Waals surface area (Å²) >= 11 is 0. The zero-order chi connectivity index (χ0) is 11.4. The molecule has 2 nitrogen and oxygen atoms in total. The molecule has 0 radical (unpaired) electrons. The van der Waals surface area contributed by atoms with Crippen molar-refractivity contribution in [1.82, 2.24) is 4.90 Å². The Labute approximate surface area is 100 Å². The van der Waals surface area contributed by atoms with Crippen LogP contribution < -0.4 is 0 Å². The fourth-order valence-electron chi connectivity index (χ4n) is 3.54. The van der Waals surface area contributed by atoms with Gasteiger partial charge in [0.25, 0.3) is 0 Å². The molecule has 0 aromatic heterocycles. The van der Waals surface area contributed by atoms with Crippen LogP contribution in [0.5, 0.6) is 0 Å². The summed E-state index contributed by atoms with van der Waals surface area (Å²) < 4.78 is 0. The first-order chi connectivity index (χ1) is 7.81. The molecule has 0 amide bonds. The van der Waals surface area contributed by atoms with Gasteiger partial charge in [0, 0.05) is 12.1 Å². The molecule has 0 spiro atoms. The molecular weight excluding hydrogens is 198 g/mol. The van der Waals surface area contributed by atoms with Crippen LogP contribution >= 0.6 is 0 Å². The van der Waals surface area contributed by atoms with E-state index in [1.807, 2.05) is 0 Å². The third-order valence-corrected chi connectivity index (χ3v) is 4.37. The number of hydrogen-bond donors (Lipinski definition) is 1. The second-order valence-electron chi connectivity index (χ2n) is 5.66. The predicted molar refractivity (Wildman–Crippen MR) is 67.5 cm³/mol. The topological polar surface area (TPSA) is 23.5 Å². The van der Waals surface area contributed by atoms with Crippen LogP contribution in [0.4, 0.5) is 0 Å². The number of nitrogens with zero attached hydrogens (tertiary/aromatic N) is 1. The van der Waals surface area contributed by atoms with E-state index in [-0.39, 0.29) is 6.10 Å². The molecular formula is C14H27NO. The Bertz CT molecular complexity index is 207. The Kier molecular flexibility index (Phi) is 4.66. The maximum atomic E-state index is 9.90. The summed E-state index contributed by atoms with van der Waals surface area (Å²) in [7, 11) is 0. The lowest BCUT2D eigenvalue weighted by Gasteiger charge is -2.40. The van der Waals surface area contributed by atoms with Crippen molar-refractivity contribution in [3.63, 3.8) is 0 Å². The van der Waals surface area contributed by atoms with Crippen molar-refractivity contribution >= 4 is 0 Å². The first-order valence-electron chi connectivity index (χ1n) is 7.25. The minimum absolute atomic E-state index is 0.0180. The number of rotatable bonds is 5. The number of fused-ring (bicyclic) bond motifs is 1. The lowest BCUT2D eigenvalue weighted by molar-refractivity contribution is 0.0177. The Balaban J connectivity index is 1.77. The average molecular weight is 225 g/mol. The van der Waals surface area contributed by atoms with E-state index in [1.54, 1.807) is 0 Å². The molecule has 94 valence electrons. The Hall–Kier alpha value is -0.0800. The molecule has 2 aliphatic heterocycles. The van der Waals surface area contributed by atoms with E-state index in [9.17, 15) is 5.11 Å². The smallest absolute Gasteiger partial charge is 0.0570 e. The normalized spacial score (nSPS) is 35.2. The first kappa shape index (κ1) is 12.4. The molecule has 0 aliphatic carbocycles. The molecule has 0 unspecified atom stereocenters. The van der Waals surface area contributed by atoms with Gasteiger partial charge in [-0.1, -0.05) is 32.6 Å². The minimum Gasteiger partial charge on any atom is -0.393 e. The summed E-state index contributed by atoms with van der Waals surface area (Å²) in [5, 5.41) is 9.90. The van der Waals surface area contributed by atoms with E-state index in [0.29, 0.717) is 12.1 Å². The van der Waals surface area contributed by atoms with Crippen molar-refractivity contribution in [3.05, 3.63) is 0 Å². The van der Waals surface area contributed by atoms with E-state index in [0.717, 1.165) is 12.8 Å². The summed E-state index contributed by atoms with van der Waals surface area (Å²) in [6.45, 7) is 3.55. The SMILES string of the molecule is CCCCCC[C@@H]1C[C@H](O)C[C@@H]2CCCN12. The van der Waals surface area contributed by atoms with Gasteiger partial charge >= 0.3 is 0 Å². The number of unbranched alkanes of at least 4 members (excludes halogenated alkanes) is 3. The molecule has 2 heterocycles. The van der Waals surface area contributed by atoms with E-state index in [4.69, 9.17) is 0 Å². The van der Waals surface area contributed by atoms with Crippen molar-refractivity contribution in [2.24, 2.45) is 0 Å². The molecule has 0 saturated carbocycles. The molecule has 1 N–H and O–H groups in total. The van der Waals surface area contributed by atoms with E-state index in [1.165, 1.54) is 51.5 Å². The van der Waals surface area contributed by atoms with Crippen LogP contribution in [0.25, 0.3) is 0 Å². The second kappa shape index (κ2) is 6.02. The van der Waals surface area contributed by atoms with Gasteiger partial charge in [-0.2, -0.15) is 0 Å². The fourth-order valence-corrected chi connectivity index (χ4v) is 3.54. The van der Waals surface area contributed by atoms with Crippen molar-refractivity contribution in [2.45, 2.75) is 82.9 Å². The van der Waals surface area contributed by atoms with E-state index < -0.39 is 0 Å². The van der Waals surface area contributed by atoms with Gasteiger partial charge in [-0.25, -0.2) is 0 Å². The predicted octanol–water partition coefficient (Wildman–Crippen LogP) is 2.94. The first-order valence-corrected chi connectivity index (χ1v) is 7.25. The summed E-state index contributed by atoms with van der Waals surface area (Å²) in [5.41, 5.74) is 0. The van der Waals surface area contributed by atoms with Crippen LogP contribution in [-0.4, -0.2) is 34.7 Å². The Morgan fingerprint density at radius 3 is 2.88 bits per heavy atom. The Morgan fingerprint density at radius 2 is 2.06 bits per heavy atom. The van der Waals surface area contributed by atoms with Crippen LogP contribution in [0.3, 0.4) is 0 Å². The van der Waals surface area contributed by atoms with Gasteiger partial charge < -0.3 is 5.11 Å². The molecule has 0 bridgehead atoms. The quantitative estimate of drug-likeness (QED) is 0.727. The summed E-state index contributed by atoms with van der Waals surface area (Å²) in [6.07, 6.45) is 11.5. The molecule has 0 aromatic rings. The van der Waals surface area contributed by atoms with Crippen molar-refractivity contribution < 1.29 is 5.11 Å². The molecule has 2 fully saturated rings. The van der Waals surface area contributed by atoms with Crippen LogP contribution in [0.2, 0.25) is 0 Å². The van der Waals surface area contributed by atoms with Crippen molar-refractivity contribution in [1.29, 1.82) is 0 Å². The molecule has 16 heavy (non-hydrogen) atoms. The fraction of sp³-hybridized carbons (Fsp3) is 1.00. The number of aliphatic hydroxyl groups is 1. The minimum atomic E-state index is -0.0180. The van der Waals surface area contributed by atoms with Gasteiger partial charge in [0.1, 0.15) is 0 Å². The monoisotopic (exact) mass is 225 g/mol. The highest BCUT2D eigenvalue weighted by atomic mass is 16.3. The van der Waals surface area contributed by atoms with E-state index in [2.05, 4.69) is 11.8 Å². The largest absolute Gasteiger partial charge is 0.393 e. The molecule has 2 saturated heterocycles. The lowest BCUT2D eigenvalue weighted by atomic mass is 9.91. The maximum Gasteiger partial charge on any atom is 0.0570 e. The van der Waals surface area contributed by atoms with Gasteiger partial charge in [-0.3, -0.25) is 4.90 Å². The highest BCUT2D eigenvalue weighted by Gasteiger charge is 2.36. The third-order valence-electron chi connectivity index (χ3n) is 4.37. The van der Waals surface area contributed by atoms with Crippen LogP contribution in [0.15, 0.2) is 0 Å². The summed E-state index contributed by atoms with van der Waals surface area (Å²) in [4.78, 5) is 2.69. The highest BCUT2D eigenvalue weighted by Crippen LogP contribution is 2.33. The lowest BCUT2D eigenvalue weighted by Crippen LogP contribution is -2.47. The zero-order valence-electron chi connectivity index (χ0n) is 10.7. The van der Waals surface area contributed by atoms with Crippen LogP contribution in [-0.2, 0) is 0 Å². The van der Waals surface area contributed by atoms with Crippen molar-refractivity contribution in [2.75, 3.05) is 6.54 Å². The number of hydrogen-bond acceptors (Lipinski definition) is 2. The standard InChI is InChI=1S/C14H27NO/c1-2-3-4-5-7-12-10-14(16)11-13-8-6-9-15(12)13/h12-14,16H,2-11H2,1H3/t12-,13+,14+/m1/s1. The Morgan fingerprint density at radius 1 is 1.19 bits per heavy atom. The van der Waals surface area contributed by atoms with Gasteiger partial charge in [0.05, 0.1) is 6.10 Å². The molecule has 3 atom stereocenters. The highest BCUT2D eigenvalue weighted by molar-refractivity contribution is 4.92. The summed E-state index contributed by atoms with van der Waals surface area (Å²) in [6, 6.07) is 1.40. The summed E-state index contributed by atoms with van der Waals surface area (Å²) in [5.74, 6) is 0. The second-order valence-corrected chi connectivity index (χ2v) is 5.66. The van der Waals surface area contributed by atoms with Gasteiger partial charge in [-0.05, 0) is 38.6 Å². The van der Waals surface area contributed by atoms with Gasteiger partial charge in [-0.15, -0.1) is 0 Å². The van der Waals surface area contributed by atoms with Gasteiger partial charge in [0.15, 0.2) is 0 Å². The molecule has 2 heteroatoms. The molecule has 2 rings (SSSR count). The third kappa shape index (κ3) is 2.98. The van der Waals surface area contributed by atoms with E-state index >= 15 is 0 Å². The number of piperidine rings is 1. The molecule has 0 aromatic carbocycles. The van der Waals surface area contributed by atoms with Gasteiger partial charge in [0.2, 0.25) is 0 Å². The van der Waals surface area contributed by atoms with Crippen LogP contribution in [0.1, 0.15) is 64.7 Å². The van der Waals surface area contributed by atoms with Crippen molar-refractivity contribution in [3.8, 4) is 0 Å². The zero-order valence-corrected chi connectivity index (χ0v) is 10.7.